The number of rotatable bonds is 2. The SMILES string of the molecule is CC1CC(C)N(c2nc3c(cc2C(N)=S)CCCC3)C1. The van der Waals surface area contributed by atoms with Crippen molar-refractivity contribution in [2.75, 3.05) is 11.4 Å². The molecule has 0 spiro atoms. The molecule has 2 N–H and O–H groups in total. The molecule has 0 bridgehead atoms. The molecule has 1 saturated heterocycles. The van der Waals surface area contributed by atoms with Crippen LogP contribution < -0.4 is 10.6 Å². The first kappa shape index (κ1) is 13.8. The van der Waals surface area contributed by atoms with Crippen molar-refractivity contribution in [1.29, 1.82) is 0 Å². The average molecular weight is 289 g/mol. The molecule has 1 aromatic heterocycles. The molecular formula is C16H23N3S. The van der Waals surface area contributed by atoms with E-state index in [2.05, 4.69) is 24.8 Å². The quantitative estimate of drug-likeness (QED) is 0.850. The highest BCUT2D eigenvalue weighted by Gasteiger charge is 2.30. The van der Waals surface area contributed by atoms with Crippen LogP contribution in [0.15, 0.2) is 6.07 Å². The van der Waals surface area contributed by atoms with Crippen molar-refractivity contribution in [3.63, 3.8) is 0 Å². The molecule has 2 atom stereocenters. The zero-order chi connectivity index (χ0) is 14.3. The molecule has 1 aliphatic heterocycles. The van der Waals surface area contributed by atoms with Crippen LogP contribution in [0.4, 0.5) is 5.82 Å². The number of hydrogen-bond donors (Lipinski definition) is 1. The number of anilines is 1. The van der Waals surface area contributed by atoms with E-state index in [0.717, 1.165) is 30.8 Å². The number of thiocarbonyl (C=S) groups is 1. The third-order valence-corrected chi connectivity index (χ3v) is 4.82. The number of hydrogen-bond acceptors (Lipinski definition) is 3. The highest BCUT2D eigenvalue weighted by Crippen LogP contribution is 2.32. The van der Waals surface area contributed by atoms with E-state index in [0.29, 0.717) is 16.9 Å². The lowest BCUT2D eigenvalue weighted by Gasteiger charge is -2.27. The molecule has 1 fully saturated rings. The van der Waals surface area contributed by atoms with Crippen molar-refractivity contribution < 1.29 is 0 Å². The normalized spacial score (nSPS) is 25.6. The Bertz CT molecular complexity index is 541. The van der Waals surface area contributed by atoms with E-state index < -0.39 is 0 Å². The first-order valence-corrected chi connectivity index (χ1v) is 8.06. The van der Waals surface area contributed by atoms with Crippen molar-refractivity contribution in [3.05, 3.63) is 22.9 Å². The lowest BCUT2D eigenvalue weighted by Crippen LogP contribution is -2.31. The molecule has 3 nitrogen and oxygen atoms in total. The second kappa shape index (κ2) is 5.32. The van der Waals surface area contributed by atoms with Crippen LogP contribution in [0.5, 0.6) is 0 Å². The van der Waals surface area contributed by atoms with Crippen LogP contribution in [0.25, 0.3) is 0 Å². The predicted octanol–water partition coefficient (Wildman–Crippen LogP) is 2.83. The van der Waals surface area contributed by atoms with Crippen LogP contribution in [-0.2, 0) is 12.8 Å². The molecule has 3 rings (SSSR count). The van der Waals surface area contributed by atoms with Gasteiger partial charge in [-0.05, 0) is 56.6 Å². The van der Waals surface area contributed by atoms with Crippen molar-refractivity contribution in [2.24, 2.45) is 11.7 Å². The molecule has 108 valence electrons. The van der Waals surface area contributed by atoms with Gasteiger partial charge >= 0.3 is 0 Å². The van der Waals surface area contributed by atoms with Crippen LogP contribution in [-0.4, -0.2) is 22.6 Å². The maximum Gasteiger partial charge on any atom is 0.139 e. The highest BCUT2D eigenvalue weighted by molar-refractivity contribution is 7.80. The number of aromatic nitrogens is 1. The zero-order valence-electron chi connectivity index (χ0n) is 12.4. The fraction of sp³-hybridized carbons (Fsp3) is 0.625. The Kier molecular flexibility index (Phi) is 3.67. The van der Waals surface area contributed by atoms with E-state index in [9.17, 15) is 0 Å². The van der Waals surface area contributed by atoms with Crippen LogP contribution in [0.1, 0.15) is 49.9 Å². The van der Waals surface area contributed by atoms with E-state index in [-0.39, 0.29) is 0 Å². The van der Waals surface area contributed by atoms with Gasteiger partial charge in [-0.2, -0.15) is 0 Å². The minimum atomic E-state index is 0.479. The van der Waals surface area contributed by atoms with Crippen LogP contribution in [0.3, 0.4) is 0 Å². The Hall–Kier alpha value is -1.16. The Morgan fingerprint density at radius 3 is 2.75 bits per heavy atom. The summed E-state index contributed by atoms with van der Waals surface area (Å²) in [6.07, 6.45) is 5.93. The third kappa shape index (κ3) is 2.41. The molecule has 1 aliphatic carbocycles. The fourth-order valence-electron chi connectivity index (χ4n) is 3.62. The number of nitrogens with two attached hydrogens (primary N) is 1. The van der Waals surface area contributed by atoms with Crippen LogP contribution >= 0.6 is 12.2 Å². The third-order valence-electron chi connectivity index (χ3n) is 4.60. The first-order valence-electron chi connectivity index (χ1n) is 7.65. The second-order valence-corrected chi connectivity index (χ2v) is 6.82. The molecule has 20 heavy (non-hydrogen) atoms. The molecular weight excluding hydrogens is 266 g/mol. The zero-order valence-corrected chi connectivity index (χ0v) is 13.2. The summed E-state index contributed by atoms with van der Waals surface area (Å²) in [6, 6.07) is 2.72. The molecule has 2 heterocycles. The Morgan fingerprint density at radius 2 is 2.10 bits per heavy atom. The van der Waals surface area contributed by atoms with Crippen LogP contribution in [0, 0.1) is 5.92 Å². The number of pyridine rings is 1. The monoisotopic (exact) mass is 289 g/mol. The van der Waals surface area contributed by atoms with Gasteiger partial charge in [-0.15, -0.1) is 0 Å². The molecule has 0 radical (unpaired) electrons. The highest BCUT2D eigenvalue weighted by atomic mass is 32.1. The Morgan fingerprint density at radius 1 is 1.35 bits per heavy atom. The number of aryl methyl sites for hydroxylation is 2. The van der Waals surface area contributed by atoms with Crippen molar-refractivity contribution in [1.82, 2.24) is 4.98 Å². The summed E-state index contributed by atoms with van der Waals surface area (Å²) in [5.74, 6) is 1.73. The average Bonchev–Trinajstić information content (AvgIpc) is 2.76. The summed E-state index contributed by atoms with van der Waals surface area (Å²) in [5, 5.41) is 0. The summed E-state index contributed by atoms with van der Waals surface area (Å²) in [4.78, 5) is 7.84. The molecule has 0 aromatic carbocycles. The van der Waals surface area contributed by atoms with Gasteiger partial charge in [0.05, 0.1) is 5.56 Å². The van der Waals surface area contributed by atoms with Gasteiger partial charge in [0.25, 0.3) is 0 Å². The lowest BCUT2D eigenvalue weighted by molar-refractivity contribution is 0.624. The molecule has 4 heteroatoms. The van der Waals surface area contributed by atoms with Gasteiger partial charge in [0.15, 0.2) is 0 Å². The maximum atomic E-state index is 5.96. The van der Waals surface area contributed by atoms with E-state index in [4.69, 9.17) is 22.9 Å². The van der Waals surface area contributed by atoms with E-state index >= 15 is 0 Å². The van der Waals surface area contributed by atoms with E-state index in [1.165, 1.54) is 30.5 Å². The molecule has 2 unspecified atom stereocenters. The second-order valence-electron chi connectivity index (χ2n) is 6.38. The summed E-state index contributed by atoms with van der Waals surface area (Å²) >= 11 is 5.27. The Labute approximate surface area is 126 Å². The maximum absolute atomic E-state index is 5.96. The smallest absolute Gasteiger partial charge is 0.139 e. The predicted molar refractivity (Wildman–Crippen MR) is 87.4 cm³/mol. The molecule has 0 saturated carbocycles. The molecule has 0 amide bonds. The topological polar surface area (TPSA) is 42.2 Å². The summed E-state index contributed by atoms with van der Waals surface area (Å²) < 4.78 is 0. The van der Waals surface area contributed by atoms with Crippen molar-refractivity contribution in [3.8, 4) is 0 Å². The summed E-state index contributed by atoms with van der Waals surface area (Å²) in [6.45, 7) is 5.63. The Balaban J connectivity index is 2.06. The van der Waals surface area contributed by atoms with Gasteiger partial charge in [0, 0.05) is 18.3 Å². The van der Waals surface area contributed by atoms with Crippen molar-refractivity contribution in [2.45, 2.75) is 52.0 Å². The first-order chi connectivity index (χ1) is 9.56. The molecule has 2 aliphatic rings. The van der Waals surface area contributed by atoms with Gasteiger partial charge in [-0.25, -0.2) is 4.98 Å². The lowest BCUT2D eigenvalue weighted by atomic mass is 9.94. The minimum absolute atomic E-state index is 0.479. The van der Waals surface area contributed by atoms with E-state index in [1.807, 2.05) is 0 Å². The van der Waals surface area contributed by atoms with Crippen molar-refractivity contribution >= 4 is 23.0 Å². The van der Waals surface area contributed by atoms with Crippen LogP contribution in [0.2, 0.25) is 0 Å². The minimum Gasteiger partial charge on any atom is -0.389 e. The van der Waals surface area contributed by atoms with Gasteiger partial charge in [-0.1, -0.05) is 19.1 Å². The fourth-order valence-corrected chi connectivity index (χ4v) is 3.77. The standard InChI is InChI=1S/C16H23N3S/c1-10-7-11(2)19(9-10)16-13(15(17)20)8-12-5-3-4-6-14(12)18-16/h8,10-11H,3-7,9H2,1-2H3,(H2,17,20). The summed E-state index contributed by atoms with van der Waals surface area (Å²) in [7, 11) is 0. The number of fused-ring (bicyclic) bond motifs is 1. The largest absolute Gasteiger partial charge is 0.389 e. The molecule has 1 aromatic rings. The van der Waals surface area contributed by atoms with Gasteiger partial charge in [-0.3, -0.25) is 0 Å². The number of nitrogens with zero attached hydrogens (tertiary/aromatic N) is 2. The van der Waals surface area contributed by atoms with Gasteiger partial charge in [0.2, 0.25) is 0 Å². The van der Waals surface area contributed by atoms with Gasteiger partial charge in [0.1, 0.15) is 10.8 Å². The summed E-state index contributed by atoms with van der Waals surface area (Å²) in [5.41, 5.74) is 9.55. The van der Waals surface area contributed by atoms with Gasteiger partial charge < -0.3 is 10.6 Å². The van der Waals surface area contributed by atoms with E-state index in [1.54, 1.807) is 0 Å².